The summed E-state index contributed by atoms with van der Waals surface area (Å²) in [5, 5.41) is 10.4. The van der Waals surface area contributed by atoms with Gasteiger partial charge in [0.25, 0.3) is 0 Å². The Hall–Kier alpha value is -0.870. The van der Waals surface area contributed by atoms with Crippen molar-refractivity contribution in [3.63, 3.8) is 0 Å². The number of rotatable bonds is 4. The molecule has 3 nitrogen and oxygen atoms in total. The molecule has 2 aliphatic rings. The molecule has 2 unspecified atom stereocenters. The maximum atomic E-state index is 12.4. The number of hydrogen-bond donors (Lipinski definition) is 1. The van der Waals surface area contributed by atoms with Crippen LogP contribution < -0.4 is 0 Å². The van der Waals surface area contributed by atoms with Crippen LogP contribution in [0.5, 0.6) is 0 Å². The van der Waals surface area contributed by atoms with Gasteiger partial charge < -0.3 is 5.11 Å². The van der Waals surface area contributed by atoms with Crippen molar-refractivity contribution in [2.45, 2.75) is 74.4 Å². The largest absolute Gasteiger partial charge is 0.385 e. The Balaban J connectivity index is 1.82. The molecule has 4 heteroatoms. The number of hydrogen-bond acceptors (Lipinski definition) is 3. The lowest BCUT2D eigenvalue weighted by molar-refractivity contribution is 0.00500. The van der Waals surface area contributed by atoms with E-state index < -0.39 is 15.4 Å². The number of sulfone groups is 1. The highest BCUT2D eigenvalue weighted by molar-refractivity contribution is 7.92. The van der Waals surface area contributed by atoms with E-state index in [2.05, 4.69) is 19.1 Å². The lowest BCUT2D eigenvalue weighted by Gasteiger charge is -2.44. The second-order valence-corrected chi connectivity index (χ2v) is 9.52. The van der Waals surface area contributed by atoms with E-state index in [9.17, 15) is 13.5 Å². The average molecular weight is 322 g/mol. The van der Waals surface area contributed by atoms with Crippen molar-refractivity contribution in [3.8, 4) is 0 Å². The van der Waals surface area contributed by atoms with Crippen molar-refractivity contribution in [3.05, 3.63) is 35.4 Å². The summed E-state index contributed by atoms with van der Waals surface area (Å²) in [6.45, 7) is 2.18. The summed E-state index contributed by atoms with van der Waals surface area (Å²) in [4.78, 5) is 0. The van der Waals surface area contributed by atoms with E-state index in [4.69, 9.17) is 0 Å². The summed E-state index contributed by atoms with van der Waals surface area (Å²) in [5.74, 6) is 0. The van der Waals surface area contributed by atoms with Crippen LogP contribution in [0.4, 0.5) is 0 Å². The third-order valence-electron chi connectivity index (χ3n) is 5.42. The molecule has 1 aromatic carbocycles. The predicted molar refractivity (Wildman–Crippen MR) is 88.5 cm³/mol. The van der Waals surface area contributed by atoms with E-state index in [1.165, 1.54) is 18.4 Å². The number of unbranched alkanes of at least 4 members (excludes halogenated alkanes) is 1. The molecular formula is C18H26O3S. The Kier molecular flexibility index (Phi) is 4.34. The molecule has 22 heavy (non-hydrogen) atoms. The van der Waals surface area contributed by atoms with Gasteiger partial charge in [-0.15, -0.1) is 0 Å². The van der Waals surface area contributed by atoms with Crippen LogP contribution in [0.25, 0.3) is 0 Å². The Labute approximate surface area is 133 Å². The lowest BCUT2D eigenvalue weighted by atomic mass is 9.80. The van der Waals surface area contributed by atoms with E-state index in [1.54, 1.807) is 0 Å². The van der Waals surface area contributed by atoms with Crippen LogP contribution in [0.1, 0.15) is 63.0 Å². The second-order valence-electron chi connectivity index (χ2n) is 7.00. The molecule has 2 heterocycles. The topological polar surface area (TPSA) is 54.4 Å². The van der Waals surface area contributed by atoms with Crippen molar-refractivity contribution in [2.75, 3.05) is 0 Å². The summed E-state index contributed by atoms with van der Waals surface area (Å²) >= 11 is 0. The molecule has 3 rings (SSSR count). The number of aryl methyl sites for hydroxylation is 1. The van der Waals surface area contributed by atoms with Gasteiger partial charge in [-0.2, -0.15) is 0 Å². The fourth-order valence-electron chi connectivity index (χ4n) is 4.05. The Morgan fingerprint density at radius 3 is 2.27 bits per heavy atom. The fourth-order valence-corrected chi connectivity index (χ4v) is 6.60. The van der Waals surface area contributed by atoms with E-state index in [0.717, 1.165) is 18.4 Å². The highest BCUT2D eigenvalue weighted by Gasteiger charge is 2.50. The molecule has 2 fully saturated rings. The van der Waals surface area contributed by atoms with Gasteiger partial charge in [-0.25, -0.2) is 8.42 Å². The highest BCUT2D eigenvalue weighted by atomic mass is 32.2. The van der Waals surface area contributed by atoms with Gasteiger partial charge in [-0.3, -0.25) is 0 Å². The van der Waals surface area contributed by atoms with Gasteiger partial charge in [0.15, 0.2) is 9.84 Å². The molecule has 1 aromatic rings. The standard InChI is InChI=1S/C18H26O3S/c1-2-3-5-14-8-10-15(11-9-14)18(19)12-16-6-4-7-17(13-18)22(16,20)21/h8-11,16-17,19H,2-7,12-13H2,1H3. The fraction of sp³-hybridized carbons (Fsp3) is 0.667. The minimum Gasteiger partial charge on any atom is -0.385 e. The predicted octanol–water partition coefficient (Wildman–Crippen LogP) is 3.35. The van der Waals surface area contributed by atoms with Crippen molar-refractivity contribution in [1.29, 1.82) is 0 Å². The smallest absolute Gasteiger partial charge is 0.156 e. The summed E-state index contributed by atoms with van der Waals surface area (Å²) in [6, 6.07) is 8.17. The van der Waals surface area contributed by atoms with Crippen LogP contribution in [-0.2, 0) is 21.9 Å². The summed E-state index contributed by atoms with van der Waals surface area (Å²) in [6.07, 6.45) is 6.51. The van der Waals surface area contributed by atoms with E-state index in [1.807, 2.05) is 12.1 Å². The van der Waals surface area contributed by atoms with Crippen LogP contribution in [-0.4, -0.2) is 24.0 Å². The van der Waals surface area contributed by atoms with Crippen molar-refractivity contribution < 1.29 is 13.5 Å². The average Bonchev–Trinajstić information content (AvgIpc) is 2.47. The van der Waals surface area contributed by atoms with E-state index >= 15 is 0 Å². The van der Waals surface area contributed by atoms with Gasteiger partial charge in [-0.1, -0.05) is 44.0 Å². The van der Waals surface area contributed by atoms with Crippen LogP contribution in [0.15, 0.2) is 24.3 Å². The number of fused-ring (bicyclic) bond motifs is 2. The molecule has 2 bridgehead atoms. The van der Waals surface area contributed by atoms with Crippen LogP contribution in [0, 0.1) is 0 Å². The van der Waals surface area contributed by atoms with Gasteiger partial charge in [0.2, 0.25) is 0 Å². The van der Waals surface area contributed by atoms with Gasteiger partial charge in [-0.05, 0) is 49.7 Å². The Morgan fingerprint density at radius 1 is 1.14 bits per heavy atom. The molecular weight excluding hydrogens is 296 g/mol. The quantitative estimate of drug-likeness (QED) is 0.925. The molecule has 0 aromatic heterocycles. The van der Waals surface area contributed by atoms with Crippen LogP contribution >= 0.6 is 0 Å². The lowest BCUT2D eigenvalue weighted by Crippen LogP contribution is -2.50. The van der Waals surface area contributed by atoms with Gasteiger partial charge in [0, 0.05) is 0 Å². The minimum atomic E-state index is -3.02. The summed E-state index contributed by atoms with van der Waals surface area (Å²) in [5.41, 5.74) is 1.21. The maximum absolute atomic E-state index is 12.4. The number of benzene rings is 1. The minimum absolute atomic E-state index is 0.357. The molecule has 0 radical (unpaired) electrons. The Morgan fingerprint density at radius 2 is 1.73 bits per heavy atom. The third-order valence-corrected chi connectivity index (χ3v) is 8.09. The molecule has 0 saturated carbocycles. The van der Waals surface area contributed by atoms with Crippen molar-refractivity contribution in [2.24, 2.45) is 0 Å². The van der Waals surface area contributed by atoms with E-state index in [-0.39, 0.29) is 10.5 Å². The SMILES string of the molecule is CCCCc1ccc(C2(O)CC3CCCC(C2)S3(=O)=O)cc1. The van der Waals surface area contributed by atoms with Crippen LogP contribution in [0.3, 0.4) is 0 Å². The first-order valence-electron chi connectivity index (χ1n) is 8.50. The molecule has 2 saturated heterocycles. The molecule has 2 aliphatic heterocycles. The first kappa shape index (κ1) is 16.0. The first-order valence-corrected chi connectivity index (χ1v) is 10.1. The molecule has 1 N–H and O–H groups in total. The maximum Gasteiger partial charge on any atom is 0.156 e. The van der Waals surface area contributed by atoms with E-state index in [0.29, 0.717) is 25.7 Å². The van der Waals surface area contributed by atoms with Gasteiger partial charge >= 0.3 is 0 Å². The second kappa shape index (κ2) is 5.97. The molecule has 0 aliphatic carbocycles. The summed E-state index contributed by atoms with van der Waals surface area (Å²) < 4.78 is 24.8. The Bertz CT molecular complexity index is 598. The van der Waals surface area contributed by atoms with Crippen molar-refractivity contribution in [1.82, 2.24) is 0 Å². The zero-order valence-corrected chi connectivity index (χ0v) is 14.1. The molecule has 2 atom stereocenters. The summed E-state index contributed by atoms with van der Waals surface area (Å²) in [7, 11) is -3.02. The molecule has 122 valence electrons. The first-order chi connectivity index (χ1) is 10.5. The van der Waals surface area contributed by atoms with Gasteiger partial charge in [0.1, 0.15) is 0 Å². The molecule has 0 amide bonds. The normalized spacial score (nSPS) is 33.5. The number of aliphatic hydroxyl groups is 1. The monoisotopic (exact) mass is 322 g/mol. The van der Waals surface area contributed by atoms with Gasteiger partial charge in [0.05, 0.1) is 16.1 Å². The third kappa shape index (κ3) is 2.83. The molecule has 0 spiro atoms. The van der Waals surface area contributed by atoms with Crippen molar-refractivity contribution >= 4 is 9.84 Å². The van der Waals surface area contributed by atoms with Crippen LogP contribution in [0.2, 0.25) is 0 Å². The highest BCUT2D eigenvalue weighted by Crippen LogP contribution is 2.46. The zero-order chi connectivity index (χ0) is 15.8. The zero-order valence-electron chi connectivity index (χ0n) is 13.3.